The lowest BCUT2D eigenvalue weighted by molar-refractivity contribution is 0.472. The Kier molecular flexibility index (Phi) is 1.65. The van der Waals surface area contributed by atoms with Crippen LogP contribution >= 0.6 is 0 Å². The van der Waals surface area contributed by atoms with Crippen molar-refractivity contribution in [2.75, 3.05) is 0 Å². The second-order valence-electron chi connectivity index (χ2n) is 3.23. The SMILES string of the molecule is Cc1ccc(O)c2c1CCC=C2. The van der Waals surface area contributed by atoms with E-state index in [1.54, 1.807) is 6.07 Å². The quantitative estimate of drug-likeness (QED) is 0.618. The van der Waals surface area contributed by atoms with Gasteiger partial charge in [-0.15, -0.1) is 0 Å². The summed E-state index contributed by atoms with van der Waals surface area (Å²) >= 11 is 0. The summed E-state index contributed by atoms with van der Waals surface area (Å²) in [4.78, 5) is 0. The number of phenolic OH excluding ortho intramolecular Hbond substituents is 1. The van der Waals surface area contributed by atoms with E-state index >= 15 is 0 Å². The molecule has 0 heterocycles. The van der Waals surface area contributed by atoms with Crippen molar-refractivity contribution in [2.24, 2.45) is 0 Å². The second kappa shape index (κ2) is 2.67. The fourth-order valence-electron chi connectivity index (χ4n) is 1.71. The van der Waals surface area contributed by atoms with Gasteiger partial charge in [0.25, 0.3) is 0 Å². The molecule has 0 unspecified atom stereocenters. The van der Waals surface area contributed by atoms with E-state index in [2.05, 4.69) is 13.0 Å². The molecule has 0 saturated heterocycles. The maximum atomic E-state index is 9.53. The molecule has 0 bridgehead atoms. The predicted molar refractivity (Wildman–Crippen MR) is 50.2 cm³/mol. The molecule has 62 valence electrons. The lowest BCUT2D eigenvalue weighted by Gasteiger charge is -2.14. The van der Waals surface area contributed by atoms with Gasteiger partial charge in [0.15, 0.2) is 0 Å². The lowest BCUT2D eigenvalue weighted by atomic mass is 9.93. The standard InChI is InChI=1S/C11H12O/c1-8-6-7-11(12)10-5-3-2-4-9(8)10/h3,5-7,12H,2,4H2,1H3. The van der Waals surface area contributed by atoms with Crippen molar-refractivity contribution >= 4 is 6.08 Å². The molecule has 1 nitrogen and oxygen atoms in total. The Morgan fingerprint density at radius 3 is 2.92 bits per heavy atom. The topological polar surface area (TPSA) is 20.2 Å². The third-order valence-corrected chi connectivity index (χ3v) is 2.41. The van der Waals surface area contributed by atoms with Crippen molar-refractivity contribution in [1.29, 1.82) is 0 Å². The Morgan fingerprint density at radius 2 is 2.17 bits per heavy atom. The Bertz CT molecular complexity index is 337. The summed E-state index contributed by atoms with van der Waals surface area (Å²) in [5.41, 5.74) is 3.60. The van der Waals surface area contributed by atoms with Gasteiger partial charge in [-0.2, -0.15) is 0 Å². The zero-order valence-corrected chi connectivity index (χ0v) is 7.17. The first-order valence-corrected chi connectivity index (χ1v) is 4.27. The highest BCUT2D eigenvalue weighted by Gasteiger charge is 2.10. The van der Waals surface area contributed by atoms with Crippen molar-refractivity contribution in [3.8, 4) is 5.75 Å². The van der Waals surface area contributed by atoms with Gasteiger partial charge in [-0.25, -0.2) is 0 Å². The average molecular weight is 160 g/mol. The summed E-state index contributed by atoms with van der Waals surface area (Å²) in [6.45, 7) is 2.09. The summed E-state index contributed by atoms with van der Waals surface area (Å²) < 4.78 is 0. The molecule has 1 aromatic carbocycles. The van der Waals surface area contributed by atoms with E-state index in [9.17, 15) is 5.11 Å². The van der Waals surface area contributed by atoms with Crippen LogP contribution in [-0.2, 0) is 6.42 Å². The van der Waals surface area contributed by atoms with Gasteiger partial charge in [-0.05, 0) is 37.0 Å². The number of hydrogen-bond donors (Lipinski definition) is 1. The Labute approximate surface area is 72.4 Å². The number of hydrogen-bond acceptors (Lipinski definition) is 1. The van der Waals surface area contributed by atoms with Crippen molar-refractivity contribution in [3.63, 3.8) is 0 Å². The molecule has 1 aliphatic carbocycles. The van der Waals surface area contributed by atoms with E-state index in [1.807, 2.05) is 12.1 Å². The zero-order chi connectivity index (χ0) is 8.55. The highest BCUT2D eigenvalue weighted by molar-refractivity contribution is 5.64. The summed E-state index contributed by atoms with van der Waals surface area (Å²) in [7, 11) is 0. The molecular formula is C11H12O. The van der Waals surface area contributed by atoms with Crippen LogP contribution in [0.15, 0.2) is 18.2 Å². The molecule has 12 heavy (non-hydrogen) atoms. The fourth-order valence-corrected chi connectivity index (χ4v) is 1.71. The predicted octanol–water partition coefficient (Wildman–Crippen LogP) is 2.66. The van der Waals surface area contributed by atoms with Gasteiger partial charge >= 0.3 is 0 Å². The Morgan fingerprint density at radius 1 is 1.33 bits per heavy atom. The minimum Gasteiger partial charge on any atom is -0.507 e. The van der Waals surface area contributed by atoms with Crippen molar-refractivity contribution in [1.82, 2.24) is 0 Å². The number of rotatable bonds is 0. The minimum atomic E-state index is 0.409. The number of allylic oxidation sites excluding steroid dienone is 1. The van der Waals surface area contributed by atoms with Gasteiger partial charge in [-0.3, -0.25) is 0 Å². The molecule has 0 amide bonds. The molecule has 0 fully saturated rings. The first-order chi connectivity index (χ1) is 5.79. The smallest absolute Gasteiger partial charge is 0.123 e. The molecule has 1 N–H and O–H groups in total. The molecule has 0 spiro atoms. The molecule has 1 aliphatic rings. The zero-order valence-electron chi connectivity index (χ0n) is 7.17. The van der Waals surface area contributed by atoms with Crippen LogP contribution in [0.2, 0.25) is 0 Å². The number of aryl methyl sites for hydroxylation is 1. The Hall–Kier alpha value is -1.24. The summed E-state index contributed by atoms with van der Waals surface area (Å²) in [5.74, 6) is 0.409. The molecule has 0 radical (unpaired) electrons. The van der Waals surface area contributed by atoms with Crippen molar-refractivity contribution in [3.05, 3.63) is 34.9 Å². The van der Waals surface area contributed by atoms with Crippen molar-refractivity contribution < 1.29 is 5.11 Å². The van der Waals surface area contributed by atoms with E-state index in [-0.39, 0.29) is 0 Å². The van der Waals surface area contributed by atoms with E-state index in [0.717, 1.165) is 18.4 Å². The normalized spacial score (nSPS) is 14.4. The molecule has 1 heteroatoms. The van der Waals surface area contributed by atoms with E-state index in [4.69, 9.17) is 0 Å². The minimum absolute atomic E-state index is 0.409. The van der Waals surface area contributed by atoms with Crippen LogP contribution in [0.4, 0.5) is 0 Å². The molecule has 0 atom stereocenters. The molecule has 0 saturated carbocycles. The average Bonchev–Trinajstić information content (AvgIpc) is 2.12. The van der Waals surface area contributed by atoms with Gasteiger partial charge in [0.2, 0.25) is 0 Å². The summed E-state index contributed by atoms with van der Waals surface area (Å²) in [6.07, 6.45) is 6.28. The van der Waals surface area contributed by atoms with Crippen LogP contribution in [0.5, 0.6) is 5.75 Å². The second-order valence-corrected chi connectivity index (χ2v) is 3.23. The molecule has 2 rings (SSSR count). The largest absolute Gasteiger partial charge is 0.507 e. The highest BCUT2D eigenvalue weighted by Crippen LogP contribution is 2.29. The first kappa shape index (κ1) is 7.41. The highest BCUT2D eigenvalue weighted by atomic mass is 16.3. The Balaban J connectivity index is 2.67. The van der Waals surface area contributed by atoms with E-state index in [0.29, 0.717) is 5.75 Å². The van der Waals surface area contributed by atoms with Crippen molar-refractivity contribution in [2.45, 2.75) is 19.8 Å². The number of benzene rings is 1. The van der Waals surface area contributed by atoms with Crippen LogP contribution < -0.4 is 0 Å². The van der Waals surface area contributed by atoms with Gasteiger partial charge < -0.3 is 5.11 Å². The van der Waals surface area contributed by atoms with Gasteiger partial charge in [0.1, 0.15) is 5.75 Å². The summed E-state index contributed by atoms with van der Waals surface area (Å²) in [6, 6.07) is 3.75. The number of phenols is 1. The van der Waals surface area contributed by atoms with Crippen LogP contribution in [0, 0.1) is 6.92 Å². The molecule has 0 aliphatic heterocycles. The third-order valence-electron chi connectivity index (χ3n) is 2.41. The maximum absolute atomic E-state index is 9.53. The van der Waals surface area contributed by atoms with Crippen LogP contribution in [0.25, 0.3) is 6.08 Å². The van der Waals surface area contributed by atoms with Crippen LogP contribution in [-0.4, -0.2) is 5.11 Å². The van der Waals surface area contributed by atoms with Gasteiger partial charge in [0.05, 0.1) is 0 Å². The summed E-state index contributed by atoms with van der Waals surface area (Å²) in [5, 5.41) is 9.53. The monoisotopic (exact) mass is 160 g/mol. The van der Waals surface area contributed by atoms with Crippen LogP contribution in [0.1, 0.15) is 23.1 Å². The molecule has 0 aromatic heterocycles. The number of fused-ring (bicyclic) bond motifs is 1. The van der Waals surface area contributed by atoms with E-state index in [1.165, 1.54) is 11.1 Å². The van der Waals surface area contributed by atoms with Gasteiger partial charge in [0, 0.05) is 5.56 Å². The van der Waals surface area contributed by atoms with Gasteiger partial charge in [-0.1, -0.05) is 18.2 Å². The third kappa shape index (κ3) is 1.02. The fraction of sp³-hybridized carbons (Fsp3) is 0.273. The molecule has 1 aromatic rings. The molecular weight excluding hydrogens is 148 g/mol. The first-order valence-electron chi connectivity index (χ1n) is 4.27. The maximum Gasteiger partial charge on any atom is 0.123 e. The number of aromatic hydroxyl groups is 1. The van der Waals surface area contributed by atoms with Crippen LogP contribution in [0.3, 0.4) is 0 Å². The van der Waals surface area contributed by atoms with E-state index < -0.39 is 0 Å². The lowest BCUT2D eigenvalue weighted by Crippen LogP contribution is -1.97.